The van der Waals surface area contributed by atoms with Crippen LogP contribution in [0.15, 0.2) is 0 Å². The third-order valence-corrected chi connectivity index (χ3v) is 1.20. The summed E-state index contributed by atoms with van der Waals surface area (Å²) in [6, 6.07) is -0.384. The number of likely N-dealkylation sites (N-methyl/N-ethyl adjacent to an activating group) is 1. The maximum Gasteiger partial charge on any atom is 0.329 e. The fourth-order valence-electron chi connectivity index (χ4n) is 0.694. The highest BCUT2D eigenvalue weighted by Crippen LogP contribution is 1.76. The van der Waals surface area contributed by atoms with E-state index in [1.54, 1.807) is 0 Å². The summed E-state index contributed by atoms with van der Waals surface area (Å²) in [5.74, 6) is -0.988. The molecule has 0 heterocycles. The second kappa shape index (κ2) is 6.24. The van der Waals surface area contributed by atoms with Crippen molar-refractivity contribution >= 4 is 12.0 Å². The highest BCUT2D eigenvalue weighted by molar-refractivity contribution is 5.74. The Morgan fingerprint density at radius 3 is 2.54 bits per heavy atom. The van der Waals surface area contributed by atoms with Crippen molar-refractivity contribution in [2.75, 3.05) is 20.1 Å². The Bertz CT molecular complexity index is 184. The number of carbonyl (C=O) groups excluding carboxylic acids is 1. The standard InChI is InChI=1S/C7H15N3O3/c1-3-4-8-7(13)9-10(2)5-6(11)12/h3-5H2,1-2H3,(H,11,12)(H2,8,9,13). The largest absolute Gasteiger partial charge is 0.480 e. The monoisotopic (exact) mass is 189 g/mol. The zero-order chi connectivity index (χ0) is 10.3. The Hall–Kier alpha value is -1.30. The van der Waals surface area contributed by atoms with Gasteiger partial charge in [0.15, 0.2) is 0 Å². The van der Waals surface area contributed by atoms with Crippen molar-refractivity contribution in [2.45, 2.75) is 13.3 Å². The fourth-order valence-corrected chi connectivity index (χ4v) is 0.694. The van der Waals surface area contributed by atoms with Crippen molar-refractivity contribution in [3.05, 3.63) is 0 Å². The Balaban J connectivity index is 3.59. The first-order chi connectivity index (χ1) is 6.06. The number of urea groups is 1. The number of aliphatic carboxylic acids is 1. The van der Waals surface area contributed by atoms with Crippen LogP contribution in [0, 0.1) is 0 Å². The Morgan fingerprint density at radius 2 is 2.08 bits per heavy atom. The van der Waals surface area contributed by atoms with Gasteiger partial charge in [-0.3, -0.25) is 10.2 Å². The van der Waals surface area contributed by atoms with Gasteiger partial charge >= 0.3 is 12.0 Å². The predicted molar refractivity (Wildman–Crippen MR) is 47.1 cm³/mol. The molecule has 0 aromatic carbocycles. The molecule has 0 saturated carbocycles. The van der Waals surface area contributed by atoms with E-state index in [9.17, 15) is 9.59 Å². The topological polar surface area (TPSA) is 81.7 Å². The Morgan fingerprint density at radius 1 is 1.46 bits per heavy atom. The molecule has 0 rings (SSSR count). The zero-order valence-corrected chi connectivity index (χ0v) is 7.83. The summed E-state index contributed by atoms with van der Waals surface area (Å²) in [7, 11) is 1.49. The van der Waals surface area contributed by atoms with E-state index in [0.29, 0.717) is 6.54 Å². The summed E-state index contributed by atoms with van der Waals surface area (Å²) >= 11 is 0. The molecule has 76 valence electrons. The second-order valence-electron chi connectivity index (χ2n) is 2.62. The van der Waals surface area contributed by atoms with Crippen LogP contribution in [0.2, 0.25) is 0 Å². The number of amides is 2. The molecule has 6 heteroatoms. The minimum atomic E-state index is -0.988. The first-order valence-electron chi connectivity index (χ1n) is 4.03. The first-order valence-corrected chi connectivity index (χ1v) is 4.03. The second-order valence-corrected chi connectivity index (χ2v) is 2.62. The number of carbonyl (C=O) groups is 2. The van der Waals surface area contributed by atoms with Gasteiger partial charge in [-0.1, -0.05) is 6.92 Å². The number of nitrogens with zero attached hydrogens (tertiary/aromatic N) is 1. The van der Waals surface area contributed by atoms with E-state index in [-0.39, 0.29) is 12.6 Å². The van der Waals surface area contributed by atoms with Crippen LogP contribution in [-0.4, -0.2) is 42.3 Å². The third kappa shape index (κ3) is 7.07. The first kappa shape index (κ1) is 11.7. The molecular weight excluding hydrogens is 174 g/mol. The highest BCUT2D eigenvalue weighted by Gasteiger charge is 2.06. The third-order valence-electron chi connectivity index (χ3n) is 1.20. The molecule has 0 bridgehead atoms. The van der Waals surface area contributed by atoms with Crippen LogP contribution in [0.25, 0.3) is 0 Å². The van der Waals surface area contributed by atoms with E-state index in [4.69, 9.17) is 5.11 Å². The van der Waals surface area contributed by atoms with Crippen molar-refractivity contribution in [2.24, 2.45) is 0 Å². The van der Waals surface area contributed by atoms with Crippen LogP contribution in [0.4, 0.5) is 4.79 Å². The highest BCUT2D eigenvalue weighted by atomic mass is 16.4. The van der Waals surface area contributed by atoms with E-state index < -0.39 is 5.97 Å². The number of carboxylic acids is 1. The van der Waals surface area contributed by atoms with Gasteiger partial charge in [0.25, 0.3) is 0 Å². The number of rotatable bonds is 5. The molecular formula is C7H15N3O3. The van der Waals surface area contributed by atoms with Crippen molar-refractivity contribution in [1.29, 1.82) is 0 Å². The van der Waals surface area contributed by atoms with Gasteiger partial charge in [-0.2, -0.15) is 0 Å². The molecule has 0 aliphatic heterocycles. The molecule has 0 aromatic heterocycles. The molecule has 0 radical (unpaired) electrons. The van der Waals surface area contributed by atoms with E-state index in [2.05, 4.69) is 10.7 Å². The minimum absolute atomic E-state index is 0.223. The molecule has 0 unspecified atom stereocenters. The number of hydrogen-bond donors (Lipinski definition) is 3. The fraction of sp³-hybridized carbons (Fsp3) is 0.714. The summed E-state index contributed by atoms with van der Waals surface area (Å²) in [5.41, 5.74) is 2.35. The van der Waals surface area contributed by atoms with Gasteiger partial charge in [-0.05, 0) is 6.42 Å². The lowest BCUT2D eigenvalue weighted by Crippen LogP contribution is -2.47. The Kier molecular flexibility index (Phi) is 5.62. The molecule has 0 aromatic rings. The lowest BCUT2D eigenvalue weighted by molar-refractivity contribution is -0.138. The summed E-state index contributed by atoms with van der Waals surface area (Å²) < 4.78 is 0. The number of hydrogen-bond acceptors (Lipinski definition) is 3. The summed E-state index contributed by atoms with van der Waals surface area (Å²) in [5, 5.41) is 12.1. The van der Waals surface area contributed by atoms with Crippen LogP contribution >= 0.6 is 0 Å². The predicted octanol–water partition coefficient (Wildman–Crippen LogP) is -0.373. The van der Waals surface area contributed by atoms with E-state index in [1.807, 2.05) is 6.92 Å². The van der Waals surface area contributed by atoms with Crippen molar-refractivity contribution in [1.82, 2.24) is 15.8 Å². The van der Waals surface area contributed by atoms with Gasteiger partial charge in [0.1, 0.15) is 6.54 Å². The lowest BCUT2D eigenvalue weighted by Gasteiger charge is -2.15. The molecule has 13 heavy (non-hydrogen) atoms. The van der Waals surface area contributed by atoms with Crippen LogP contribution in [0.5, 0.6) is 0 Å². The van der Waals surface area contributed by atoms with Crippen molar-refractivity contribution in [3.63, 3.8) is 0 Å². The molecule has 0 fully saturated rings. The average Bonchev–Trinajstić information content (AvgIpc) is 1.98. The Labute approximate surface area is 76.9 Å². The average molecular weight is 189 g/mol. The van der Waals surface area contributed by atoms with Gasteiger partial charge < -0.3 is 10.4 Å². The SMILES string of the molecule is CCCNC(=O)NN(C)CC(=O)O. The van der Waals surface area contributed by atoms with Crippen molar-refractivity contribution in [3.8, 4) is 0 Å². The number of carboxylic acid groups (broad SMARTS) is 1. The van der Waals surface area contributed by atoms with Gasteiger partial charge in [0.05, 0.1) is 0 Å². The number of nitrogens with one attached hydrogen (secondary N) is 2. The van der Waals surface area contributed by atoms with E-state index in [1.165, 1.54) is 12.1 Å². The van der Waals surface area contributed by atoms with Crippen molar-refractivity contribution < 1.29 is 14.7 Å². The van der Waals surface area contributed by atoms with E-state index >= 15 is 0 Å². The van der Waals surface area contributed by atoms with Gasteiger partial charge in [-0.25, -0.2) is 9.80 Å². The maximum atomic E-state index is 10.9. The molecule has 0 atom stereocenters. The van der Waals surface area contributed by atoms with Gasteiger partial charge in [0, 0.05) is 13.6 Å². The molecule has 2 amide bonds. The molecule has 0 spiro atoms. The molecule has 3 N–H and O–H groups in total. The molecule has 6 nitrogen and oxygen atoms in total. The molecule has 0 saturated heterocycles. The summed E-state index contributed by atoms with van der Waals surface area (Å²) in [4.78, 5) is 21.1. The van der Waals surface area contributed by atoms with Crippen LogP contribution in [0.1, 0.15) is 13.3 Å². The lowest BCUT2D eigenvalue weighted by atomic mass is 10.5. The van der Waals surface area contributed by atoms with Gasteiger partial charge in [0.2, 0.25) is 0 Å². The van der Waals surface area contributed by atoms with Crippen LogP contribution in [-0.2, 0) is 4.79 Å². The normalized spacial score (nSPS) is 9.77. The molecule has 0 aliphatic carbocycles. The van der Waals surface area contributed by atoms with Crippen LogP contribution in [0.3, 0.4) is 0 Å². The number of hydrazine groups is 1. The maximum absolute atomic E-state index is 10.9. The summed E-state index contributed by atoms with van der Waals surface area (Å²) in [6.45, 7) is 2.29. The summed E-state index contributed by atoms with van der Waals surface area (Å²) in [6.07, 6.45) is 0.843. The smallest absolute Gasteiger partial charge is 0.329 e. The minimum Gasteiger partial charge on any atom is -0.480 e. The van der Waals surface area contributed by atoms with Gasteiger partial charge in [-0.15, -0.1) is 0 Å². The quantitative estimate of drug-likeness (QED) is 0.515. The molecule has 0 aliphatic rings. The zero-order valence-electron chi connectivity index (χ0n) is 7.83. The van der Waals surface area contributed by atoms with E-state index in [0.717, 1.165) is 6.42 Å². The van der Waals surface area contributed by atoms with Crippen LogP contribution < -0.4 is 10.7 Å².